The number of nitriles is 1. The molecule has 4 aliphatic rings. The Kier molecular flexibility index (Phi) is 8.30. The summed E-state index contributed by atoms with van der Waals surface area (Å²) in [6.45, 7) is 3.19. The van der Waals surface area contributed by atoms with Crippen molar-refractivity contribution in [2.24, 2.45) is 11.8 Å². The zero-order valence-corrected chi connectivity index (χ0v) is 24.6. The van der Waals surface area contributed by atoms with Crippen molar-refractivity contribution in [2.45, 2.75) is 43.3 Å². The van der Waals surface area contributed by atoms with Crippen LogP contribution in [0, 0.1) is 23.2 Å². The Morgan fingerprint density at radius 3 is 1.98 bits per heavy atom. The average Bonchev–Trinajstić information content (AvgIpc) is 3.33. The van der Waals surface area contributed by atoms with Crippen molar-refractivity contribution in [1.29, 1.82) is 5.26 Å². The van der Waals surface area contributed by atoms with Crippen LogP contribution in [0.4, 0.5) is 45.6 Å². The van der Waals surface area contributed by atoms with Crippen LogP contribution in [0.3, 0.4) is 0 Å². The molecular formula is C28H29F8N5O5. The maximum absolute atomic E-state index is 13.7. The number of alkyl halides is 8. The van der Waals surface area contributed by atoms with Crippen LogP contribution in [-0.4, -0.2) is 115 Å². The van der Waals surface area contributed by atoms with Gasteiger partial charge in [0, 0.05) is 52.4 Å². The minimum absolute atomic E-state index is 0.0311. The molecule has 3 amide bonds. The highest BCUT2D eigenvalue weighted by Gasteiger charge is 2.71. The SMILES string of the molecule is CC12CN(CCN3CCN(C(=O)OCC(F)(F)C(F)(F)F)CC3)CC(C)(O1)[C@H]1C(=O)N(c3ccc(C#N)c(C(F)(F)F)c3)C(=O)[C@H]12. The maximum Gasteiger partial charge on any atom is 0.456 e. The van der Waals surface area contributed by atoms with Gasteiger partial charge in [-0.1, -0.05) is 0 Å². The maximum atomic E-state index is 13.7. The van der Waals surface area contributed by atoms with Gasteiger partial charge in [0.15, 0.2) is 6.61 Å². The average molecular weight is 668 g/mol. The molecule has 2 unspecified atom stereocenters. The number of morpholine rings is 1. The number of rotatable bonds is 6. The standard InChI is InChI=1S/C28H29F8N5O5/c1-24-13-39(6-5-38-7-9-40(10-8-38)23(44)45-15-26(29,30)28(34,35)36)14-25(2,46-24)20-19(24)21(42)41(22(20)43)17-4-3-16(12-37)18(11-17)27(31,32)33/h3-4,11,19-20H,5-10,13-15H2,1-2H3/t19-,20+,24?,25?. The highest BCUT2D eigenvalue weighted by atomic mass is 19.4. The van der Waals surface area contributed by atoms with E-state index in [0.29, 0.717) is 19.2 Å². The molecule has 10 nitrogen and oxygen atoms in total. The molecule has 2 bridgehead atoms. The number of hydrogen-bond acceptors (Lipinski definition) is 8. The molecule has 0 N–H and O–H groups in total. The number of amides is 3. The van der Waals surface area contributed by atoms with Crippen molar-refractivity contribution < 1.29 is 59.0 Å². The van der Waals surface area contributed by atoms with Gasteiger partial charge in [0.1, 0.15) is 0 Å². The van der Waals surface area contributed by atoms with Crippen LogP contribution >= 0.6 is 0 Å². The van der Waals surface area contributed by atoms with Crippen molar-refractivity contribution in [1.82, 2.24) is 14.7 Å². The molecule has 0 spiro atoms. The van der Waals surface area contributed by atoms with E-state index in [4.69, 9.17) is 10.00 Å². The van der Waals surface area contributed by atoms with Crippen LogP contribution in [0.25, 0.3) is 0 Å². The summed E-state index contributed by atoms with van der Waals surface area (Å²) < 4.78 is 114. The van der Waals surface area contributed by atoms with Crippen LogP contribution in [0.1, 0.15) is 25.0 Å². The lowest BCUT2D eigenvalue weighted by atomic mass is 9.79. The van der Waals surface area contributed by atoms with Gasteiger partial charge in [0.25, 0.3) is 0 Å². The highest BCUT2D eigenvalue weighted by molar-refractivity contribution is 6.23. The fourth-order valence-corrected chi connectivity index (χ4v) is 6.94. The van der Waals surface area contributed by atoms with Gasteiger partial charge in [-0.3, -0.25) is 19.4 Å². The summed E-state index contributed by atoms with van der Waals surface area (Å²) in [6, 6.07) is 4.15. The first-order valence-corrected chi connectivity index (χ1v) is 14.2. The molecule has 4 heterocycles. The Morgan fingerprint density at radius 2 is 1.48 bits per heavy atom. The number of halogens is 8. The Hall–Kier alpha value is -3.56. The van der Waals surface area contributed by atoms with Gasteiger partial charge >= 0.3 is 24.4 Å². The first-order chi connectivity index (χ1) is 21.2. The number of carbonyl (C=O) groups is 3. The van der Waals surface area contributed by atoms with Crippen molar-refractivity contribution in [3.63, 3.8) is 0 Å². The molecule has 1 aromatic carbocycles. The lowest BCUT2D eigenvalue weighted by molar-refractivity contribution is -0.292. The van der Waals surface area contributed by atoms with Gasteiger partial charge in [-0.15, -0.1) is 0 Å². The Labute approximate surface area is 257 Å². The molecule has 0 saturated carbocycles. The number of benzene rings is 1. The van der Waals surface area contributed by atoms with E-state index < -0.39 is 77.0 Å². The third kappa shape index (κ3) is 5.88. The quantitative estimate of drug-likeness (QED) is 0.336. The Bertz CT molecular complexity index is 1420. The Balaban J connectivity index is 1.19. The second-order valence-electron chi connectivity index (χ2n) is 12.3. The largest absolute Gasteiger partial charge is 0.456 e. The van der Waals surface area contributed by atoms with Crippen molar-refractivity contribution in [3.8, 4) is 6.07 Å². The van der Waals surface area contributed by atoms with E-state index >= 15 is 0 Å². The van der Waals surface area contributed by atoms with Gasteiger partial charge in [-0.25, -0.2) is 9.69 Å². The summed E-state index contributed by atoms with van der Waals surface area (Å²) in [5, 5.41) is 9.11. The number of nitrogens with zero attached hydrogens (tertiary/aromatic N) is 5. The van der Waals surface area contributed by atoms with Crippen LogP contribution in [0.5, 0.6) is 0 Å². The zero-order valence-electron chi connectivity index (χ0n) is 24.6. The van der Waals surface area contributed by atoms with Crippen LogP contribution in [0.2, 0.25) is 0 Å². The van der Waals surface area contributed by atoms with Gasteiger partial charge in [-0.05, 0) is 32.0 Å². The normalized spacial score (nSPS) is 29.2. The summed E-state index contributed by atoms with van der Waals surface area (Å²) in [5.41, 5.74) is -4.49. The summed E-state index contributed by atoms with van der Waals surface area (Å²) in [7, 11) is 0. The fourth-order valence-electron chi connectivity index (χ4n) is 6.94. The third-order valence-electron chi connectivity index (χ3n) is 9.01. The molecule has 18 heteroatoms. The second kappa shape index (κ2) is 11.3. The molecule has 5 rings (SSSR count). The van der Waals surface area contributed by atoms with E-state index in [2.05, 4.69) is 4.74 Å². The summed E-state index contributed by atoms with van der Waals surface area (Å²) in [5.74, 6) is -8.51. The number of piperazine rings is 1. The lowest BCUT2D eigenvalue weighted by Gasteiger charge is -2.45. The molecule has 4 saturated heterocycles. The summed E-state index contributed by atoms with van der Waals surface area (Å²) in [6.07, 6.45) is -12.0. The topological polar surface area (TPSA) is 106 Å². The van der Waals surface area contributed by atoms with Crippen molar-refractivity contribution >= 4 is 23.6 Å². The lowest BCUT2D eigenvalue weighted by Crippen LogP contribution is -2.59. The predicted molar refractivity (Wildman–Crippen MR) is 140 cm³/mol. The molecule has 0 radical (unpaired) electrons. The first-order valence-electron chi connectivity index (χ1n) is 14.2. The smallest absolute Gasteiger partial charge is 0.443 e. The number of anilines is 1. The van der Waals surface area contributed by atoms with Gasteiger partial charge in [0.05, 0.1) is 45.9 Å². The minimum Gasteiger partial charge on any atom is -0.443 e. The fraction of sp³-hybridized carbons (Fsp3) is 0.643. The molecule has 0 aromatic heterocycles. The third-order valence-corrected chi connectivity index (χ3v) is 9.01. The number of likely N-dealkylation sites (tertiary alicyclic amines) is 1. The number of carbonyl (C=O) groups excluding carboxylic acids is 3. The first kappa shape index (κ1) is 33.8. The number of ether oxygens (including phenoxy) is 2. The number of imide groups is 1. The van der Waals surface area contributed by atoms with Crippen molar-refractivity contribution in [2.75, 3.05) is 63.9 Å². The van der Waals surface area contributed by atoms with E-state index in [1.165, 1.54) is 6.07 Å². The monoisotopic (exact) mass is 667 g/mol. The summed E-state index contributed by atoms with van der Waals surface area (Å²) >= 11 is 0. The zero-order chi connectivity index (χ0) is 34.0. The minimum atomic E-state index is -5.84. The number of fused-ring (bicyclic) bond motifs is 5. The van der Waals surface area contributed by atoms with Crippen LogP contribution in [-0.2, 0) is 25.2 Å². The van der Waals surface area contributed by atoms with Crippen LogP contribution in [0.15, 0.2) is 18.2 Å². The predicted octanol–water partition coefficient (Wildman–Crippen LogP) is 3.50. The summed E-state index contributed by atoms with van der Waals surface area (Å²) in [4.78, 5) is 45.1. The van der Waals surface area contributed by atoms with Gasteiger partial charge < -0.3 is 14.4 Å². The van der Waals surface area contributed by atoms with Gasteiger partial charge in [-0.2, -0.15) is 40.4 Å². The van der Waals surface area contributed by atoms with E-state index in [0.717, 1.165) is 21.9 Å². The van der Waals surface area contributed by atoms with E-state index in [-0.39, 0.29) is 45.0 Å². The second-order valence-corrected chi connectivity index (χ2v) is 12.3. The number of hydrogen-bond donors (Lipinski definition) is 0. The van der Waals surface area contributed by atoms with E-state index in [1.54, 1.807) is 13.8 Å². The molecule has 252 valence electrons. The van der Waals surface area contributed by atoms with Gasteiger partial charge in [0.2, 0.25) is 11.8 Å². The molecular weight excluding hydrogens is 638 g/mol. The van der Waals surface area contributed by atoms with E-state index in [1.807, 2.05) is 9.80 Å². The molecule has 1 aromatic rings. The molecule has 46 heavy (non-hydrogen) atoms. The molecule has 4 atom stereocenters. The van der Waals surface area contributed by atoms with Crippen molar-refractivity contribution in [3.05, 3.63) is 29.3 Å². The molecule has 4 fully saturated rings. The molecule has 4 aliphatic heterocycles. The van der Waals surface area contributed by atoms with E-state index in [9.17, 15) is 49.5 Å². The Morgan fingerprint density at radius 1 is 0.935 bits per heavy atom. The molecule has 0 aliphatic carbocycles. The van der Waals surface area contributed by atoms with Crippen LogP contribution < -0.4 is 4.90 Å². The highest BCUT2D eigenvalue weighted by Crippen LogP contribution is 2.55.